The second-order valence-electron chi connectivity index (χ2n) is 6.28. The van der Waals surface area contributed by atoms with Crippen molar-refractivity contribution in [2.75, 3.05) is 20.3 Å². The first-order valence-corrected chi connectivity index (χ1v) is 9.35. The summed E-state index contributed by atoms with van der Waals surface area (Å²) in [5.41, 5.74) is 0.294. The number of benzene rings is 2. The van der Waals surface area contributed by atoms with E-state index in [9.17, 15) is 24.5 Å². The lowest BCUT2D eigenvalue weighted by atomic mass is 10.1. The van der Waals surface area contributed by atoms with E-state index in [4.69, 9.17) is 14.2 Å². The van der Waals surface area contributed by atoms with Crippen molar-refractivity contribution in [1.29, 1.82) is 0 Å². The van der Waals surface area contributed by atoms with Gasteiger partial charge in [-0.2, -0.15) is 0 Å². The van der Waals surface area contributed by atoms with E-state index in [0.717, 1.165) is 11.6 Å². The SMILES string of the molecule is CCOc1ccc(C(=O)OCC(=O)NC(Cc2ccccc2)C(=O)OC)cc1[N+](=O)[O-]. The van der Waals surface area contributed by atoms with Crippen molar-refractivity contribution in [1.82, 2.24) is 5.32 Å². The Morgan fingerprint density at radius 1 is 1.13 bits per heavy atom. The molecule has 2 rings (SSSR count). The molecule has 0 aliphatic rings. The number of amides is 1. The molecule has 0 saturated heterocycles. The summed E-state index contributed by atoms with van der Waals surface area (Å²) in [7, 11) is 1.20. The van der Waals surface area contributed by atoms with Crippen LogP contribution in [0, 0.1) is 10.1 Å². The fourth-order valence-corrected chi connectivity index (χ4v) is 2.70. The molecule has 0 spiro atoms. The zero-order valence-corrected chi connectivity index (χ0v) is 17.0. The average molecular weight is 430 g/mol. The van der Waals surface area contributed by atoms with Gasteiger partial charge in [0.25, 0.3) is 5.91 Å². The van der Waals surface area contributed by atoms with Gasteiger partial charge in [0.2, 0.25) is 0 Å². The number of ether oxygens (including phenoxy) is 3. The number of nitro benzene ring substituents is 1. The Morgan fingerprint density at radius 3 is 2.45 bits per heavy atom. The van der Waals surface area contributed by atoms with E-state index in [1.54, 1.807) is 31.2 Å². The van der Waals surface area contributed by atoms with Crippen LogP contribution < -0.4 is 10.1 Å². The molecule has 0 heterocycles. The van der Waals surface area contributed by atoms with Crippen LogP contribution in [0.1, 0.15) is 22.8 Å². The van der Waals surface area contributed by atoms with E-state index in [0.29, 0.717) is 0 Å². The molecule has 2 aromatic rings. The molecule has 2 aromatic carbocycles. The molecule has 0 radical (unpaired) electrons. The number of nitro groups is 1. The highest BCUT2D eigenvalue weighted by Crippen LogP contribution is 2.28. The molecule has 164 valence electrons. The third-order valence-corrected chi connectivity index (χ3v) is 4.13. The number of hydrogen-bond acceptors (Lipinski definition) is 8. The van der Waals surface area contributed by atoms with E-state index in [2.05, 4.69) is 5.32 Å². The average Bonchev–Trinajstić information content (AvgIpc) is 2.77. The first kappa shape index (κ1) is 23.3. The van der Waals surface area contributed by atoms with Crippen LogP contribution in [0.15, 0.2) is 48.5 Å². The maximum Gasteiger partial charge on any atom is 0.338 e. The standard InChI is InChI=1S/C21H22N2O8/c1-3-30-18-10-9-15(12-17(18)23(27)28)20(25)31-13-19(24)22-16(21(26)29-2)11-14-7-5-4-6-8-14/h4-10,12,16H,3,11,13H2,1-2H3,(H,22,24). The molecular weight excluding hydrogens is 408 g/mol. The Kier molecular flexibility index (Phi) is 8.50. The van der Waals surface area contributed by atoms with Gasteiger partial charge in [-0.3, -0.25) is 14.9 Å². The summed E-state index contributed by atoms with van der Waals surface area (Å²) in [6, 6.07) is 11.6. The van der Waals surface area contributed by atoms with Crippen LogP contribution >= 0.6 is 0 Å². The highest BCUT2D eigenvalue weighted by Gasteiger charge is 2.23. The van der Waals surface area contributed by atoms with Crippen molar-refractivity contribution >= 4 is 23.5 Å². The summed E-state index contributed by atoms with van der Waals surface area (Å²) in [4.78, 5) is 46.9. The molecule has 1 atom stereocenters. The van der Waals surface area contributed by atoms with Crippen molar-refractivity contribution in [3.05, 3.63) is 69.8 Å². The molecule has 0 saturated carbocycles. The van der Waals surface area contributed by atoms with Gasteiger partial charge in [0.1, 0.15) is 6.04 Å². The van der Waals surface area contributed by atoms with Crippen molar-refractivity contribution in [2.24, 2.45) is 0 Å². The lowest BCUT2D eigenvalue weighted by Crippen LogP contribution is -2.44. The first-order chi connectivity index (χ1) is 14.8. The lowest BCUT2D eigenvalue weighted by molar-refractivity contribution is -0.385. The minimum absolute atomic E-state index is 0.0172. The van der Waals surface area contributed by atoms with Crippen molar-refractivity contribution in [3.8, 4) is 5.75 Å². The van der Waals surface area contributed by atoms with Gasteiger partial charge in [0, 0.05) is 12.5 Å². The molecule has 0 aliphatic carbocycles. The molecule has 1 N–H and O–H groups in total. The van der Waals surface area contributed by atoms with Gasteiger partial charge in [-0.25, -0.2) is 9.59 Å². The van der Waals surface area contributed by atoms with Crippen LogP contribution in [0.5, 0.6) is 5.75 Å². The van der Waals surface area contributed by atoms with Crippen LogP contribution in [0.25, 0.3) is 0 Å². The predicted octanol–water partition coefficient (Wildman–Crippen LogP) is 2.05. The molecule has 1 amide bonds. The number of carbonyl (C=O) groups excluding carboxylic acids is 3. The Hall–Kier alpha value is -3.95. The Balaban J connectivity index is 2.00. The molecule has 0 fully saturated rings. The fraction of sp³-hybridized carbons (Fsp3) is 0.286. The van der Waals surface area contributed by atoms with Crippen molar-refractivity contribution < 1.29 is 33.5 Å². The van der Waals surface area contributed by atoms with Crippen molar-refractivity contribution in [2.45, 2.75) is 19.4 Å². The van der Waals surface area contributed by atoms with Gasteiger partial charge < -0.3 is 19.5 Å². The summed E-state index contributed by atoms with van der Waals surface area (Å²) in [6.07, 6.45) is 0.193. The van der Waals surface area contributed by atoms with Crippen LogP contribution in [-0.4, -0.2) is 49.1 Å². The topological polar surface area (TPSA) is 134 Å². The van der Waals surface area contributed by atoms with Crippen molar-refractivity contribution in [3.63, 3.8) is 0 Å². The summed E-state index contributed by atoms with van der Waals surface area (Å²) < 4.78 is 14.8. The number of methoxy groups -OCH3 is 1. The van der Waals surface area contributed by atoms with Crippen LogP contribution in [-0.2, 0) is 25.5 Å². The minimum Gasteiger partial charge on any atom is -0.487 e. The van der Waals surface area contributed by atoms with Gasteiger partial charge in [0.15, 0.2) is 12.4 Å². The molecule has 31 heavy (non-hydrogen) atoms. The van der Waals surface area contributed by atoms with E-state index >= 15 is 0 Å². The second kappa shape index (κ2) is 11.3. The van der Waals surface area contributed by atoms with Gasteiger partial charge in [0.05, 0.1) is 24.2 Å². The maximum absolute atomic E-state index is 12.2. The summed E-state index contributed by atoms with van der Waals surface area (Å²) >= 11 is 0. The molecule has 10 nitrogen and oxygen atoms in total. The number of nitrogens with zero attached hydrogens (tertiary/aromatic N) is 1. The third-order valence-electron chi connectivity index (χ3n) is 4.13. The van der Waals surface area contributed by atoms with Gasteiger partial charge in [-0.1, -0.05) is 30.3 Å². The van der Waals surface area contributed by atoms with E-state index < -0.39 is 41.1 Å². The first-order valence-electron chi connectivity index (χ1n) is 9.35. The largest absolute Gasteiger partial charge is 0.487 e. The Labute approximate surface area is 178 Å². The Morgan fingerprint density at radius 2 is 1.84 bits per heavy atom. The van der Waals surface area contributed by atoms with Gasteiger partial charge >= 0.3 is 17.6 Å². The minimum atomic E-state index is -0.967. The zero-order valence-electron chi connectivity index (χ0n) is 17.0. The smallest absolute Gasteiger partial charge is 0.338 e. The Bertz CT molecular complexity index is 946. The monoisotopic (exact) mass is 430 g/mol. The normalized spacial score (nSPS) is 11.2. The quantitative estimate of drug-likeness (QED) is 0.344. The molecule has 10 heteroatoms. The highest BCUT2D eigenvalue weighted by molar-refractivity contribution is 5.93. The maximum atomic E-state index is 12.2. The zero-order chi connectivity index (χ0) is 22.8. The second-order valence-corrected chi connectivity index (χ2v) is 6.28. The van der Waals surface area contributed by atoms with E-state index in [1.807, 2.05) is 6.07 Å². The van der Waals surface area contributed by atoms with Gasteiger partial charge in [-0.15, -0.1) is 0 Å². The van der Waals surface area contributed by atoms with E-state index in [-0.39, 0.29) is 24.3 Å². The molecule has 0 aliphatic heterocycles. The third kappa shape index (κ3) is 6.81. The number of hydrogen-bond donors (Lipinski definition) is 1. The number of carbonyl (C=O) groups is 3. The van der Waals surface area contributed by atoms with Gasteiger partial charge in [-0.05, 0) is 24.6 Å². The summed E-state index contributed by atoms with van der Waals surface area (Å²) in [5.74, 6) is -2.28. The molecule has 0 bridgehead atoms. The van der Waals surface area contributed by atoms with Crippen LogP contribution in [0.2, 0.25) is 0 Å². The molecule has 1 unspecified atom stereocenters. The molecular formula is C21H22N2O8. The lowest BCUT2D eigenvalue weighted by Gasteiger charge is -2.16. The number of rotatable bonds is 10. The number of esters is 2. The summed E-state index contributed by atoms with van der Waals surface area (Å²) in [6.45, 7) is 1.21. The van der Waals surface area contributed by atoms with E-state index in [1.165, 1.54) is 19.2 Å². The fourth-order valence-electron chi connectivity index (χ4n) is 2.70. The number of nitrogens with one attached hydrogen (secondary N) is 1. The predicted molar refractivity (Wildman–Crippen MR) is 109 cm³/mol. The van der Waals surface area contributed by atoms with Crippen LogP contribution in [0.3, 0.4) is 0 Å². The van der Waals surface area contributed by atoms with Crippen LogP contribution in [0.4, 0.5) is 5.69 Å². The molecule has 0 aromatic heterocycles. The summed E-state index contributed by atoms with van der Waals surface area (Å²) in [5, 5.41) is 13.6. The highest BCUT2D eigenvalue weighted by atomic mass is 16.6.